The molecule has 0 aromatic rings. The van der Waals surface area contributed by atoms with Crippen LogP contribution in [0.5, 0.6) is 0 Å². The van der Waals surface area contributed by atoms with Gasteiger partial charge in [0.1, 0.15) is 0 Å². The molecule has 3 rings (SSSR count). The summed E-state index contributed by atoms with van der Waals surface area (Å²) >= 11 is 0. The van der Waals surface area contributed by atoms with Gasteiger partial charge in [-0.2, -0.15) is 0 Å². The van der Waals surface area contributed by atoms with Gasteiger partial charge in [-0.1, -0.05) is 6.92 Å². The van der Waals surface area contributed by atoms with E-state index in [1.54, 1.807) is 0 Å². The highest BCUT2D eigenvalue weighted by atomic mass is 32.2. The van der Waals surface area contributed by atoms with Crippen LogP contribution in [0.4, 0.5) is 0 Å². The molecule has 2 N–H and O–H groups in total. The lowest BCUT2D eigenvalue weighted by Crippen LogP contribution is -2.44. The Hall–Kier alpha value is -0.820. The summed E-state index contributed by atoms with van der Waals surface area (Å²) in [7, 11) is -2.82. The van der Waals surface area contributed by atoms with Gasteiger partial charge >= 0.3 is 0 Å². The predicted octanol–water partition coefficient (Wildman–Crippen LogP) is 0.934. The van der Waals surface area contributed by atoms with Gasteiger partial charge in [-0.3, -0.25) is 4.99 Å². The highest BCUT2D eigenvalue weighted by Crippen LogP contribution is 2.28. The maximum Gasteiger partial charge on any atom is 0.191 e. The lowest BCUT2D eigenvalue weighted by atomic mass is 10.1. The van der Waals surface area contributed by atoms with Crippen LogP contribution in [0.25, 0.3) is 0 Å². The molecule has 2 aliphatic heterocycles. The fraction of sp³-hybridized carbons (Fsp3) is 0.938. The Morgan fingerprint density at radius 2 is 2.13 bits per heavy atom. The Morgan fingerprint density at radius 3 is 2.74 bits per heavy atom. The average Bonchev–Trinajstić information content (AvgIpc) is 3.10. The summed E-state index contributed by atoms with van der Waals surface area (Å²) in [6.45, 7) is 4.44. The number of hydrogen-bond acceptors (Lipinski definition) is 4. The Labute approximate surface area is 139 Å². The molecule has 4 unspecified atom stereocenters. The second-order valence-corrected chi connectivity index (χ2v) is 9.52. The molecule has 2 heterocycles. The third kappa shape index (κ3) is 5.35. The third-order valence-electron chi connectivity index (χ3n) is 5.04. The van der Waals surface area contributed by atoms with E-state index in [-0.39, 0.29) is 17.8 Å². The normalized spacial score (nSPS) is 36.7. The van der Waals surface area contributed by atoms with Gasteiger partial charge in [0.05, 0.1) is 17.6 Å². The highest BCUT2D eigenvalue weighted by molar-refractivity contribution is 7.91. The van der Waals surface area contributed by atoms with Crippen molar-refractivity contribution >= 4 is 15.8 Å². The number of sulfone groups is 1. The van der Waals surface area contributed by atoms with Crippen LogP contribution in [0, 0.1) is 11.8 Å². The molecular weight excluding hydrogens is 314 g/mol. The molecule has 1 saturated carbocycles. The number of rotatable bonds is 5. The molecule has 6 nitrogen and oxygen atoms in total. The van der Waals surface area contributed by atoms with Crippen LogP contribution < -0.4 is 10.6 Å². The van der Waals surface area contributed by atoms with Gasteiger partial charge in [0.25, 0.3) is 0 Å². The maximum atomic E-state index is 11.6. The Kier molecular flexibility index (Phi) is 5.46. The molecular formula is C16H29N3O3S. The van der Waals surface area contributed by atoms with Gasteiger partial charge in [-0.15, -0.1) is 0 Å². The van der Waals surface area contributed by atoms with E-state index >= 15 is 0 Å². The Morgan fingerprint density at radius 1 is 1.30 bits per heavy atom. The SMILES string of the molecule is CC1CC1NC(=NCC1CCS(=O)(=O)C1)NCC1CCCCO1. The quantitative estimate of drug-likeness (QED) is 0.573. The van der Waals surface area contributed by atoms with Crippen molar-refractivity contribution < 1.29 is 13.2 Å². The van der Waals surface area contributed by atoms with Crippen molar-refractivity contribution in [3.05, 3.63) is 0 Å². The first-order valence-corrected chi connectivity index (χ1v) is 10.7. The summed E-state index contributed by atoms with van der Waals surface area (Å²) in [5.74, 6) is 2.28. The summed E-state index contributed by atoms with van der Waals surface area (Å²) < 4.78 is 28.9. The molecule has 0 spiro atoms. The van der Waals surface area contributed by atoms with E-state index in [1.807, 2.05) is 0 Å². The molecule has 0 bridgehead atoms. The van der Waals surface area contributed by atoms with Crippen molar-refractivity contribution in [3.8, 4) is 0 Å². The van der Waals surface area contributed by atoms with E-state index in [4.69, 9.17) is 4.74 Å². The van der Waals surface area contributed by atoms with Crippen molar-refractivity contribution in [1.82, 2.24) is 10.6 Å². The van der Waals surface area contributed by atoms with E-state index in [1.165, 1.54) is 12.8 Å². The van der Waals surface area contributed by atoms with E-state index in [9.17, 15) is 8.42 Å². The predicted molar refractivity (Wildman–Crippen MR) is 91.4 cm³/mol. The first-order valence-electron chi connectivity index (χ1n) is 8.89. The van der Waals surface area contributed by atoms with E-state index in [0.29, 0.717) is 24.3 Å². The highest BCUT2D eigenvalue weighted by Gasteiger charge is 2.33. The molecule has 132 valence electrons. The maximum absolute atomic E-state index is 11.6. The first-order chi connectivity index (χ1) is 11.0. The van der Waals surface area contributed by atoms with Crippen molar-refractivity contribution in [2.75, 3.05) is 31.2 Å². The largest absolute Gasteiger partial charge is 0.376 e. The molecule has 0 amide bonds. The molecule has 0 aromatic carbocycles. The van der Waals surface area contributed by atoms with Gasteiger partial charge in [0.15, 0.2) is 15.8 Å². The number of aliphatic imine (C=N–C) groups is 1. The molecule has 7 heteroatoms. The summed E-state index contributed by atoms with van der Waals surface area (Å²) in [6, 6.07) is 0.501. The molecule has 3 fully saturated rings. The first kappa shape index (κ1) is 17.0. The smallest absolute Gasteiger partial charge is 0.191 e. The van der Waals surface area contributed by atoms with Crippen molar-refractivity contribution in [3.63, 3.8) is 0 Å². The zero-order valence-corrected chi connectivity index (χ0v) is 14.8. The van der Waals surface area contributed by atoms with Gasteiger partial charge in [-0.25, -0.2) is 8.42 Å². The van der Waals surface area contributed by atoms with E-state index < -0.39 is 9.84 Å². The molecule has 4 atom stereocenters. The minimum atomic E-state index is -2.82. The van der Waals surface area contributed by atoms with Crippen LogP contribution in [0.3, 0.4) is 0 Å². The van der Waals surface area contributed by atoms with Gasteiger partial charge < -0.3 is 15.4 Å². The summed E-state index contributed by atoms with van der Waals surface area (Å²) in [4.78, 5) is 4.64. The summed E-state index contributed by atoms with van der Waals surface area (Å²) in [6.07, 6.45) is 5.67. The molecule has 0 aromatic heterocycles. The topological polar surface area (TPSA) is 79.8 Å². The van der Waals surface area contributed by atoms with Crippen molar-refractivity contribution in [2.24, 2.45) is 16.8 Å². The average molecular weight is 343 g/mol. The van der Waals surface area contributed by atoms with Crippen LogP contribution in [0.2, 0.25) is 0 Å². The second-order valence-electron chi connectivity index (χ2n) is 7.29. The van der Waals surface area contributed by atoms with Crippen LogP contribution in [-0.2, 0) is 14.6 Å². The minimum Gasteiger partial charge on any atom is -0.376 e. The lowest BCUT2D eigenvalue weighted by Gasteiger charge is -2.24. The van der Waals surface area contributed by atoms with Crippen molar-refractivity contribution in [2.45, 2.75) is 51.2 Å². The number of hydrogen-bond donors (Lipinski definition) is 2. The number of nitrogens with one attached hydrogen (secondary N) is 2. The fourth-order valence-corrected chi connectivity index (χ4v) is 5.12. The molecule has 23 heavy (non-hydrogen) atoms. The molecule has 2 saturated heterocycles. The third-order valence-corrected chi connectivity index (χ3v) is 6.87. The van der Waals surface area contributed by atoms with Crippen molar-refractivity contribution in [1.29, 1.82) is 0 Å². The van der Waals surface area contributed by atoms with E-state index in [2.05, 4.69) is 22.5 Å². The Bertz CT molecular complexity index is 529. The number of ether oxygens (including phenoxy) is 1. The van der Waals surface area contributed by atoms with Gasteiger partial charge in [0.2, 0.25) is 0 Å². The molecule has 0 radical (unpaired) electrons. The molecule has 1 aliphatic carbocycles. The van der Waals surface area contributed by atoms with Crippen LogP contribution >= 0.6 is 0 Å². The lowest BCUT2D eigenvalue weighted by molar-refractivity contribution is 0.0194. The zero-order valence-electron chi connectivity index (χ0n) is 14.0. The number of guanidine groups is 1. The zero-order chi connectivity index (χ0) is 16.3. The minimum absolute atomic E-state index is 0.168. The van der Waals surface area contributed by atoms with Crippen LogP contribution in [0.1, 0.15) is 39.0 Å². The van der Waals surface area contributed by atoms with E-state index in [0.717, 1.165) is 38.4 Å². The fourth-order valence-electron chi connectivity index (χ4n) is 3.27. The van der Waals surface area contributed by atoms with Gasteiger partial charge in [-0.05, 0) is 43.9 Å². The standard InChI is InChI=1S/C16H29N3O3S/c1-12-8-15(12)19-16(18-10-14-4-2-3-6-22-14)17-9-13-5-7-23(20,21)11-13/h12-15H,2-11H2,1H3,(H2,17,18,19). The van der Waals surface area contributed by atoms with Gasteiger partial charge in [0, 0.05) is 25.7 Å². The van der Waals surface area contributed by atoms with Crippen LogP contribution in [0.15, 0.2) is 4.99 Å². The summed E-state index contributed by atoms with van der Waals surface area (Å²) in [5, 5.41) is 6.85. The second kappa shape index (κ2) is 7.38. The summed E-state index contributed by atoms with van der Waals surface area (Å²) in [5.41, 5.74) is 0. The van der Waals surface area contributed by atoms with Crippen LogP contribution in [-0.4, -0.2) is 57.7 Å². The Balaban J connectivity index is 1.50. The number of nitrogens with zero attached hydrogens (tertiary/aromatic N) is 1. The monoisotopic (exact) mass is 343 g/mol. The molecule has 3 aliphatic rings.